The number of rotatable bonds is 2. The number of hydrogen-bond acceptors (Lipinski definition) is 4. The molecule has 0 atom stereocenters. The molecule has 0 radical (unpaired) electrons. The maximum Gasteiger partial charge on any atom is 0.267 e. The number of nitrogens with zero attached hydrogens (tertiary/aromatic N) is 1. The van der Waals surface area contributed by atoms with Gasteiger partial charge in [0, 0.05) is 0 Å². The van der Waals surface area contributed by atoms with Gasteiger partial charge in [-0.1, -0.05) is 34.5 Å². The van der Waals surface area contributed by atoms with E-state index in [1.165, 1.54) is 0 Å². The number of nitrogens with one attached hydrogen (secondary N) is 1. The van der Waals surface area contributed by atoms with Crippen molar-refractivity contribution in [3.05, 3.63) is 38.6 Å². The van der Waals surface area contributed by atoms with Crippen LogP contribution in [-0.2, 0) is 0 Å². The molecular formula is C11H8Cl2FN3OS. The van der Waals surface area contributed by atoms with Crippen LogP contribution in [0.25, 0.3) is 0 Å². The summed E-state index contributed by atoms with van der Waals surface area (Å²) in [5, 5.41) is 2.86. The molecule has 0 aliphatic carbocycles. The van der Waals surface area contributed by atoms with Crippen LogP contribution in [0.1, 0.15) is 15.4 Å². The molecule has 0 unspecified atom stereocenters. The van der Waals surface area contributed by atoms with E-state index in [1.54, 1.807) is 6.92 Å². The second-order valence-electron chi connectivity index (χ2n) is 3.67. The molecule has 0 saturated heterocycles. The van der Waals surface area contributed by atoms with Gasteiger partial charge in [0.1, 0.15) is 10.7 Å². The van der Waals surface area contributed by atoms with Crippen LogP contribution >= 0.6 is 34.5 Å². The Hall–Kier alpha value is -1.37. The molecule has 2 aromatic rings. The van der Waals surface area contributed by atoms with Crippen LogP contribution < -0.4 is 11.1 Å². The number of thiazole rings is 1. The Morgan fingerprint density at radius 2 is 2.00 bits per heavy atom. The van der Waals surface area contributed by atoms with Crippen LogP contribution in [0, 0.1) is 12.7 Å². The fourth-order valence-electron chi connectivity index (χ4n) is 1.46. The number of nitrogens with two attached hydrogens (primary N) is 1. The molecule has 0 aliphatic heterocycles. The Kier molecular flexibility index (Phi) is 3.93. The maximum atomic E-state index is 13.0. The average Bonchev–Trinajstić information content (AvgIpc) is 2.62. The van der Waals surface area contributed by atoms with Crippen molar-refractivity contribution < 1.29 is 9.18 Å². The summed E-state index contributed by atoms with van der Waals surface area (Å²) in [6, 6.07) is 2.13. The molecule has 19 heavy (non-hydrogen) atoms. The number of hydrogen-bond donors (Lipinski definition) is 2. The van der Waals surface area contributed by atoms with Crippen molar-refractivity contribution in [3.8, 4) is 0 Å². The highest BCUT2D eigenvalue weighted by molar-refractivity contribution is 7.17. The lowest BCUT2D eigenvalue weighted by Gasteiger charge is -2.08. The number of aryl methyl sites for hydroxylation is 1. The Labute approximate surface area is 122 Å². The summed E-state index contributed by atoms with van der Waals surface area (Å²) >= 11 is 12.7. The summed E-state index contributed by atoms with van der Waals surface area (Å²) in [5.41, 5.74) is 6.18. The smallest absolute Gasteiger partial charge is 0.267 e. The number of carbonyl (C=O) groups is 1. The van der Waals surface area contributed by atoms with Crippen LogP contribution in [0.15, 0.2) is 12.1 Å². The number of halogens is 3. The number of carbonyl (C=O) groups excluding carboxylic acids is 1. The number of nitrogen functional groups attached to an aromatic ring is 1. The second kappa shape index (κ2) is 5.32. The van der Waals surface area contributed by atoms with Crippen LogP contribution in [0.4, 0.5) is 15.2 Å². The van der Waals surface area contributed by atoms with E-state index in [9.17, 15) is 9.18 Å². The van der Waals surface area contributed by atoms with Gasteiger partial charge in [-0.2, -0.15) is 0 Å². The SMILES string of the molecule is Cc1nc(N)sc1C(=O)Nc1c(Cl)cc(F)cc1Cl. The zero-order chi connectivity index (χ0) is 14.2. The van der Waals surface area contributed by atoms with E-state index in [0.29, 0.717) is 15.7 Å². The van der Waals surface area contributed by atoms with Gasteiger partial charge >= 0.3 is 0 Å². The van der Waals surface area contributed by atoms with Crippen molar-refractivity contribution in [1.29, 1.82) is 0 Å². The van der Waals surface area contributed by atoms with E-state index in [1.807, 2.05) is 0 Å². The minimum atomic E-state index is -0.578. The van der Waals surface area contributed by atoms with Crippen LogP contribution in [-0.4, -0.2) is 10.9 Å². The first-order valence-electron chi connectivity index (χ1n) is 5.07. The predicted molar refractivity (Wildman–Crippen MR) is 75.6 cm³/mol. The van der Waals surface area contributed by atoms with E-state index in [0.717, 1.165) is 23.5 Å². The first kappa shape index (κ1) is 14.0. The molecular weight excluding hydrogens is 312 g/mol. The maximum absolute atomic E-state index is 13.0. The number of aromatic nitrogens is 1. The van der Waals surface area contributed by atoms with Gasteiger partial charge in [-0.3, -0.25) is 4.79 Å². The lowest BCUT2D eigenvalue weighted by molar-refractivity contribution is 0.103. The largest absolute Gasteiger partial charge is 0.375 e. The van der Waals surface area contributed by atoms with Crippen molar-refractivity contribution in [2.75, 3.05) is 11.1 Å². The molecule has 100 valence electrons. The molecule has 2 rings (SSSR count). The van der Waals surface area contributed by atoms with Crippen LogP contribution in [0.2, 0.25) is 10.0 Å². The Balaban J connectivity index is 2.32. The molecule has 0 bridgehead atoms. The van der Waals surface area contributed by atoms with E-state index < -0.39 is 11.7 Å². The zero-order valence-electron chi connectivity index (χ0n) is 9.63. The molecule has 0 spiro atoms. The third-order valence-electron chi connectivity index (χ3n) is 2.26. The highest BCUT2D eigenvalue weighted by Crippen LogP contribution is 2.32. The molecule has 4 nitrogen and oxygen atoms in total. The van der Waals surface area contributed by atoms with Gasteiger partial charge in [-0.05, 0) is 19.1 Å². The molecule has 1 amide bonds. The molecule has 1 aromatic carbocycles. The molecule has 0 fully saturated rings. The van der Waals surface area contributed by atoms with Crippen molar-refractivity contribution in [2.24, 2.45) is 0 Å². The Morgan fingerprint density at radius 3 is 2.47 bits per heavy atom. The fourth-order valence-corrected chi connectivity index (χ4v) is 2.74. The first-order valence-corrected chi connectivity index (χ1v) is 6.64. The highest BCUT2D eigenvalue weighted by Gasteiger charge is 2.17. The summed E-state index contributed by atoms with van der Waals surface area (Å²) in [4.78, 5) is 16.3. The van der Waals surface area contributed by atoms with Crippen molar-refractivity contribution >= 4 is 51.3 Å². The van der Waals surface area contributed by atoms with E-state index in [2.05, 4.69) is 10.3 Å². The predicted octanol–water partition coefficient (Wildman–Crippen LogP) is 3.73. The lowest BCUT2D eigenvalue weighted by Crippen LogP contribution is -2.12. The minimum absolute atomic E-state index is 0.0218. The molecule has 1 aromatic heterocycles. The van der Waals surface area contributed by atoms with Gasteiger partial charge in [0.05, 0.1) is 21.4 Å². The topological polar surface area (TPSA) is 68.0 Å². The lowest BCUT2D eigenvalue weighted by atomic mass is 10.3. The van der Waals surface area contributed by atoms with Crippen molar-refractivity contribution in [2.45, 2.75) is 6.92 Å². The molecule has 3 N–H and O–H groups in total. The third kappa shape index (κ3) is 2.97. The van der Waals surface area contributed by atoms with Gasteiger partial charge < -0.3 is 11.1 Å². The molecule has 1 heterocycles. The summed E-state index contributed by atoms with van der Waals surface area (Å²) < 4.78 is 13.0. The number of amides is 1. The zero-order valence-corrected chi connectivity index (χ0v) is 12.0. The third-order valence-corrected chi connectivity index (χ3v) is 3.85. The Morgan fingerprint density at radius 1 is 1.42 bits per heavy atom. The van der Waals surface area contributed by atoms with Gasteiger partial charge in [-0.25, -0.2) is 9.37 Å². The van der Waals surface area contributed by atoms with Crippen molar-refractivity contribution in [3.63, 3.8) is 0 Å². The van der Waals surface area contributed by atoms with Crippen LogP contribution in [0.3, 0.4) is 0 Å². The summed E-state index contributed by atoms with van der Waals surface area (Å²) in [5.74, 6) is -1.02. The van der Waals surface area contributed by atoms with Gasteiger partial charge in [0.15, 0.2) is 5.13 Å². The minimum Gasteiger partial charge on any atom is -0.375 e. The summed E-state index contributed by atoms with van der Waals surface area (Å²) in [6.45, 7) is 1.66. The number of benzene rings is 1. The van der Waals surface area contributed by atoms with Gasteiger partial charge in [0.25, 0.3) is 5.91 Å². The van der Waals surface area contributed by atoms with E-state index in [-0.39, 0.29) is 15.7 Å². The Bertz CT molecular complexity index is 636. The molecule has 0 aliphatic rings. The molecule has 8 heteroatoms. The average molecular weight is 320 g/mol. The summed E-state index contributed by atoms with van der Waals surface area (Å²) in [7, 11) is 0. The van der Waals surface area contributed by atoms with Crippen molar-refractivity contribution in [1.82, 2.24) is 4.98 Å². The first-order chi connectivity index (χ1) is 8.88. The quantitative estimate of drug-likeness (QED) is 0.886. The van der Waals surface area contributed by atoms with E-state index in [4.69, 9.17) is 28.9 Å². The van der Waals surface area contributed by atoms with Crippen LogP contribution in [0.5, 0.6) is 0 Å². The second-order valence-corrected chi connectivity index (χ2v) is 5.51. The monoisotopic (exact) mass is 319 g/mol. The van der Waals surface area contributed by atoms with Gasteiger partial charge in [-0.15, -0.1) is 0 Å². The molecule has 0 saturated carbocycles. The van der Waals surface area contributed by atoms with E-state index >= 15 is 0 Å². The number of anilines is 2. The van der Waals surface area contributed by atoms with Gasteiger partial charge in [0.2, 0.25) is 0 Å². The summed E-state index contributed by atoms with van der Waals surface area (Å²) in [6.07, 6.45) is 0. The standard InChI is InChI=1S/C11H8Cl2FN3OS/c1-4-9(19-11(15)16-4)10(18)17-8-6(12)2-5(14)3-7(8)13/h2-3H,1H3,(H2,15,16)(H,17,18). The highest BCUT2D eigenvalue weighted by atomic mass is 35.5. The fraction of sp³-hybridized carbons (Fsp3) is 0.0909. The normalized spacial score (nSPS) is 10.5.